The Morgan fingerprint density at radius 1 is 1.07 bits per heavy atom. The van der Waals surface area contributed by atoms with Crippen molar-refractivity contribution in [1.29, 1.82) is 5.26 Å². The summed E-state index contributed by atoms with van der Waals surface area (Å²) in [5.41, 5.74) is 2.20. The highest BCUT2D eigenvalue weighted by Gasteiger charge is 2.25. The number of aromatic nitrogens is 1. The fourth-order valence-corrected chi connectivity index (χ4v) is 5.28. The summed E-state index contributed by atoms with van der Waals surface area (Å²) in [7, 11) is 0. The van der Waals surface area contributed by atoms with Crippen LogP contribution in [-0.4, -0.2) is 66.1 Å². The van der Waals surface area contributed by atoms with E-state index in [1.807, 2.05) is 12.1 Å². The van der Waals surface area contributed by atoms with Crippen molar-refractivity contribution in [3.05, 3.63) is 83.2 Å². The molecule has 1 saturated heterocycles. The number of hydrogen-bond acceptors (Lipinski definition) is 7. The van der Waals surface area contributed by atoms with Crippen LogP contribution in [0, 0.1) is 23.1 Å². The predicted octanol–water partition coefficient (Wildman–Crippen LogP) is 5.30. The Hall–Kier alpha value is -4.98. The number of ether oxygens (including phenoxy) is 1. The zero-order valence-corrected chi connectivity index (χ0v) is 26.6. The molecule has 242 valence electrons. The van der Waals surface area contributed by atoms with Crippen LogP contribution in [0.3, 0.4) is 0 Å². The fourth-order valence-electron chi connectivity index (χ4n) is 5.28. The van der Waals surface area contributed by atoms with Gasteiger partial charge in [-0.25, -0.2) is 14.2 Å². The summed E-state index contributed by atoms with van der Waals surface area (Å²) in [5, 5.41) is 18.5. The molecule has 3 aromatic rings. The van der Waals surface area contributed by atoms with Gasteiger partial charge in [-0.3, -0.25) is 9.59 Å². The average Bonchev–Trinajstić information content (AvgIpc) is 3.03. The van der Waals surface area contributed by atoms with E-state index in [-0.39, 0.29) is 36.5 Å². The molecule has 3 N–H and O–H groups in total. The number of benzene rings is 2. The maximum atomic E-state index is 13.7. The molecule has 0 spiro atoms. The molecule has 1 fully saturated rings. The molecule has 46 heavy (non-hydrogen) atoms. The maximum Gasteiger partial charge on any atom is 0.407 e. The lowest BCUT2D eigenvalue weighted by molar-refractivity contribution is -0.132. The maximum absolute atomic E-state index is 13.7. The number of pyridine rings is 1. The van der Waals surface area contributed by atoms with E-state index in [1.165, 1.54) is 12.1 Å². The Balaban J connectivity index is 1.38. The number of amides is 3. The number of carbonyl (C=O) groups excluding carboxylic acids is 3. The third-order valence-corrected chi connectivity index (χ3v) is 7.49. The summed E-state index contributed by atoms with van der Waals surface area (Å²) in [6.45, 7) is 7.43. The van der Waals surface area contributed by atoms with E-state index < -0.39 is 11.7 Å². The number of alkyl carbamates (subject to hydrolysis) is 1. The Bertz CT molecular complexity index is 1580. The number of nitriles is 1. The zero-order chi connectivity index (χ0) is 33.1. The van der Waals surface area contributed by atoms with E-state index in [0.717, 1.165) is 18.4 Å². The standard InChI is InChI=1S/C35H41FN6O4/c1-35(2,3)46-34(45)39-18-16-31(43)42-19-7-9-25(23-42)22-40-33(44)29-13-14-30(28-12-5-4-10-26(28)21-37)41-32(29)38-17-15-24-8-6-11-27(36)20-24/h4-6,8,10-14,20,25H,7,9,15-19,22-23H2,1-3H3,(H,38,41)(H,39,45)(H,40,44)/t25-/m1/s1. The highest BCUT2D eigenvalue weighted by Crippen LogP contribution is 2.25. The van der Waals surface area contributed by atoms with Gasteiger partial charge in [-0.1, -0.05) is 30.3 Å². The third kappa shape index (κ3) is 10.0. The molecule has 0 saturated carbocycles. The molecular weight excluding hydrogens is 587 g/mol. The minimum Gasteiger partial charge on any atom is -0.444 e. The first kappa shape index (κ1) is 33.9. The van der Waals surface area contributed by atoms with Crippen LogP contribution in [-0.2, 0) is 16.0 Å². The van der Waals surface area contributed by atoms with Crippen molar-refractivity contribution >= 4 is 23.7 Å². The topological polar surface area (TPSA) is 136 Å². The van der Waals surface area contributed by atoms with Gasteiger partial charge in [0.25, 0.3) is 5.91 Å². The molecule has 3 amide bonds. The van der Waals surface area contributed by atoms with Gasteiger partial charge in [-0.2, -0.15) is 5.26 Å². The van der Waals surface area contributed by atoms with E-state index in [9.17, 15) is 24.0 Å². The Morgan fingerprint density at radius 2 is 1.87 bits per heavy atom. The van der Waals surface area contributed by atoms with E-state index in [1.54, 1.807) is 62.1 Å². The lowest BCUT2D eigenvalue weighted by atomic mass is 9.97. The Morgan fingerprint density at radius 3 is 2.63 bits per heavy atom. The summed E-state index contributed by atoms with van der Waals surface area (Å²) in [5.74, 6) is -0.261. The number of nitrogens with zero attached hydrogens (tertiary/aromatic N) is 3. The molecule has 0 bridgehead atoms. The zero-order valence-electron chi connectivity index (χ0n) is 26.6. The first-order valence-corrected chi connectivity index (χ1v) is 15.5. The molecule has 1 aliphatic heterocycles. The minimum atomic E-state index is -0.612. The second kappa shape index (κ2) is 15.8. The van der Waals surface area contributed by atoms with Gasteiger partial charge < -0.3 is 25.6 Å². The largest absolute Gasteiger partial charge is 0.444 e. The van der Waals surface area contributed by atoms with Gasteiger partial charge >= 0.3 is 6.09 Å². The molecule has 10 nitrogen and oxygen atoms in total. The first-order chi connectivity index (χ1) is 22.0. The lowest BCUT2D eigenvalue weighted by Gasteiger charge is -2.33. The van der Waals surface area contributed by atoms with Crippen molar-refractivity contribution in [1.82, 2.24) is 20.5 Å². The Kier molecular flexibility index (Phi) is 11.7. The van der Waals surface area contributed by atoms with Gasteiger partial charge in [0, 0.05) is 44.7 Å². The highest BCUT2D eigenvalue weighted by atomic mass is 19.1. The van der Waals surface area contributed by atoms with Crippen LogP contribution in [0.2, 0.25) is 0 Å². The van der Waals surface area contributed by atoms with Gasteiger partial charge in [0.05, 0.1) is 22.9 Å². The smallest absolute Gasteiger partial charge is 0.407 e. The van der Waals surface area contributed by atoms with Gasteiger partial charge in [0.2, 0.25) is 5.91 Å². The molecule has 11 heteroatoms. The van der Waals surface area contributed by atoms with Crippen molar-refractivity contribution in [3.8, 4) is 17.3 Å². The summed E-state index contributed by atoms with van der Waals surface area (Å²) >= 11 is 0. The number of anilines is 1. The van der Waals surface area contributed by atoms with Crippen molar-refractivity contribution < 1.29 is 23.5 Å². The molecular formula is C35H41FN6O4. The molecule has 0 unspecified atom stereocenters. The number of hydrogen-bond donors (Lipinski definition) is 3. The van der Waals surface area contributed by atoms with Crippen molar-refractivity contribution in [2.24, 2.45) is 5.92 Å². The molecule has 4 rings (SSSR count). The van der Waals surface area contributed by atoms with Crippen molar-refractivity contribution in [2.45, 2.75) is 52.1 Å². The summed E-state index contributed by atoms with van der Waals surface area (Å²) in [4.78, 5) is 44.7. The molecule has 2 aromatic carbocycles. The lowest BCUT2D eigenvalue weighted by Crippen LogP contribution is -2.44. The second-order valence-corrected chi connectivity index (χ2v) is 12.3. The van der Waals surface area contributed by atoms with E-state index in [4.69, 9.17) is 9.72 Å². The van der Waals surface area contributed by atoms with Crippen LogP contribution in [0.5, 0.6) is 0 Å². The molecule has 1 aromatic heterocycles. The summed E-state index contributed by atoms with van der Waals surface area (Å²) < 4.78 is 18.9. The van der Waals surface area contributed by atoms with Crippen LogP contribution in [0.4, 0.5) is 15.0 Å². The second-order valence-electron chi connectivity index (χ2n) is 12.3. The van der Waals surface area contributed by atoms with Gasteiger partial charge in [-0.15, -0.1) is 0 Å². The molecule has 1 aliphatic rings. The number of carbonyl (C=O) groups is 3. The SMILES string of the molecule is CC(C)(C)OC(=O)NCCC(=O)N1CCC[C@H](CNC(=O)c2ccc(-c3ccccc3C#N)nc2NCCc2cccc(F)c2)C1. The van der Waals surface area contributed by atoms with Gasteiger partial charge in [0.15, 0.2) is 0 Å². The van der Waals surface area contributed by atoms with E-state index in [0.29, 0.717) is 60.8 Å². The van der Waals surface area contributed by atoms with Crippen LogP contribution < -0.4 is 16.0 Å². The van der Waals surface area contributed by atoms with E-state index >= 15 is 0 Å². The number of likely N-dealkylation sites (tertiary alicyclic amines) is 1. The monoisotopic (exact) mass is 628 g/mol. The molecule has 2 heterocycles. The van der Waals surface area contributed by atoms with Gasteiger partial charge in [0.1, 0.15) is 17.2 Å². The Labute approximate surface area is 269 Å². The fraction of sp³-hybridized carbons (Fsp3) is 0.400. The predicted molar refractivity (Wildman–Crippen MR) is 173 cm³/mol. The van der Waals surface area contributed by atoms with E-state index in [2.05, 4.69) is 22.0 Å². The number of nitrogens with one attached hydrogen (secondary N) is 3. The molecule has 0 aliphatic carbocycles. The number of piperidine rings is 1. The third-order valence-electron chi connectivity index (χ3n) is 7.49. The summed E-state index contributed by atoms with van der Waals surface area (Å²) in [6.07, 6.45) is 1.79. The van der Waals surface area contributed by atoms with Crippen LogP contribution >= 0.6 is 0 Å². The first-order valence-electron chi connectivity index (χ1n) is 15.5. The minimum absolute atomic E-state index is 0.0608. The molecule has 1 atom stereocenters. The number of rotatable bonds is 11. The van der Waals surface area contributed by atoms with Crippen LogP contribution in [0.15, 0.2) is 60.7 Å². The molecule has 0 radical (unpaired) electrons. The van der Waals surface area contributed by atoms with Crippen molar-refractivity contribution in [2.75, 3.05) is 38.0 Å². The van der Waals surface area contributed by atoms with Crippen molar-refractivity contribution in [3.63, 3.8) is 0 Å². The number of halogens is 1. The van der Waals surface area contributed by atoms with Gasteiger partial charge in [-0.05, 0) is 81.8 Å². The average molecular weight is 629 g/mol. The summed E-state index contributed by atoms with van der Waals surface area (Å²) in [6, 6.07) is 19.1. The quantitative estimate of drug-likeness (QED) is 0.262. The van der Waals surface area contributed by atoms with Crippen LogP contribution in [0.25, 0.3) is 11.3 Å². The van der Waals surface area contributed by atoms with Crippen LogP contribution in [0.1, 0.15) is 61.5 Å². The highest BCUT2D eigenvalue weighted by molar-refractivity contribution is 5.99. The normalized spacial score (nSPS) is 14.6.